The van der Waals surface area contributed by atoms with Crippen molar-refractivity contribution in [3.05, 3.63) is 69.9 Å². The zero-order chi connectivity index (χ0) is 22.8. The van der Waals surface area contributed by atoms with Gasteiger partial charge in [0.25, 0.3) is 0 Å². The molecule has 0 saturated heterocycles. The van der Waals surface area contributed by atoms with Crippen molar-refractivity contribution >= 4 is 0 Å². The Labute approximate surface area is 189 Å². The minimum absolute atomic E-state index is 1.17. The van der Waals surface area contributed by atoms with Gasteiger partial charge >= 0.3 is 0 Å². The molecule has 0 rings (SSSR count). The van der Waals surface area contributed by atoms with Gasteiger partial charge in [-0.3, -0.25) is 0 Å². The van der Waals surface area contributed by atoms with Gasteiger partial charge in [0.2, 0.25) is 0 Å². The molecule has 0 bridgehead atoms. The summed E-state index contributed by atoms with van der Waals surface area (Å²) in [5.74, 6) is 0. The monoisotopic (exact) mass is 410 g/mol. The second-order valence-electron chi connectivity index (χ2n) is 9.50. The lowest BCUT2D eigenvalue weighted by molar-refractivity contribution is 0.896. The average Bonchev–Trinajstić information content (AvgIpc) is 2.64. The summed E-state index contributed by atoms with van der Waals surface area (Å²) in [6.07, 6.45) is 26.2. The van der Waals surface area contributed by atoms with Crippen molar-refractivity contribution in [1.29, 1.82) is 0 Å². The minimum Gasteiger partial charge on any atom is -0.0856 e. The largest absolute Gasteiger partial charge is 0.0856 e. The van der Waals surface area contributed by atoms with E-state index < -0.39 is 0 Å². The van der Waals surface area contributed by atoms with Crippen molar-refractivity contribution < 1.29 is 0 Å². The molecule has 0 spiro atoms. The van der Waals surface area contributed by atoms with Crippen LogP contribution in [0.5, 0.6) is 0 Å². The standard InChI is InChI=1S/C30H50/c1-25(2)15-11-19-29(7)23-13-21-27(5)17-9-10-18-28(6)22-14-24-30(8)20-12-16-26(3)4/h15-18,23-24H,9-14,19-22H2,1-8H3/b27-17+,28-18?,29-23?,30-24?. The molecule has 0 aromatic rings. The summed E-state index contributed by atoms with van der Waals surface area (Å²) in [7, 11) is 0. The van der Waals surface area contributed by atoms with Crippen molar-refractivity contribution in [3.8, 4) is 0 Å². The predicted molar refractivity (Wildman–Crippen MR) is 140 cm³/mol. The van der Waals surface area contributed by atoms with E-state index in [9.17, 15) is 0 Å². The van der Waals surface area contributed by atoms with Gasteiger partial charge in [-0.05, 0) is 120 Å². The molecule has 0 N–H and O–H groups in total. The van der Waals surface area contributed by atoms with Crippen LogP contribution in [0.2, 0.25) is 0 Å². The maximum Gasteiger partial charge on any atom is -0.0288 e. The molecule has 0 aliphatic rings. The molecule has 0 aromatic carbocycles. The van der Waals surface area contributed by atoms with E-state index in [2.05, 4.69) is 91.8 Å². The van der Waals surface area contributed by atoms with Crippen LogP contribution in [0, 0.1) is 0 Å². The Morgan fingerprint density at radius 3 is 0.833 bits per heavy atom. The third-order valence-corrected chi connectivity index (χ3v) is 5.40. The van der Waals surface area contributed by atoms with Crippen LogP contribution >= 0.6 is 0 Å². The Kier molecular flexibility index (Phi) is 17.3. The second-order valence-corrected chi connectivity index (χ2v) is 9.50. The maximum atomic E-state index is 2.43. The summed E-state index contributed by atoms with van der Waals surface area (Å²) in [5.41, 5.74) is 8.97. The van der Waals surface area contributed by atoms with Crippen LogP contribution in [0.3, 0.4) is 0 Å². The third-order valence-electron chi connectivity index (χ3n) is 5.40. The van der Waals surface area contributed by atoms with Crippen LogP contribution in [0.25, 0.3) is 0 Å². The van der Waals surface area contributed by atoms with E-state index in [-0.39, 0.29) is 0 Å². The van der Waals surface area contributed by atoms with Gasteiger partial charge in [0, 0.05) is 0 Å². The molecule has 0 unspecified atom stereocenters. The highest BCUT2D eigenvalue weighted by molar-refractivity contribution is 5.08. The van der Waals surface area contributed by atoms with Crippen molar-refractivity contribution in [2.24, 2.45) is 0 Å². The highest BCUT2D eigenvalue weighted by atomic mass is 14.0. The highest BCUT2D eigenvalue weighted by Gasteiger charge is 1.94. The third kappa shape index (κ3) is 19.7. The van der Waals surface area contributed by atoms with Gasteiger partial charge in [-0.15, -0.1) is 0 Å². The predicted octanol–water partition coefficient (Wildman–Crippen LogP) is 10.6. The van der Waals surface area contributed by atoms with Gasteiger partial charge in [-0.1, -0.05) is 69.9 Å². The van der Waals surface area contributed by atoms with E-state index in [1.54, 1.807) is 0 Å². The van der Waals surface area contributed by atoms with Crippen molar-refractivity contribution in [2.75, 3.05) is 0 Å². The Bertz CT molecular complexity index is 578. The molecular formula is C30H50. The van der Waals surface area contributed by atoms with Gasteiger partial charge in [0.05, 0.1) is 0 Å². The average molecular weight is 411 g/mol. The lowest BCUT2D eigenvalue weighted by atomic mass is 10.0. The summed E-state index contributed by atoms with van der Waals surface area (Å²) in [6, 6.07) is 0. The molecular weight excluding hydrogens is 360 g/mol. The Morgan fingerprint density at radius 2 is 0.567 bits per heavy atom. The van der Waals surface area contributed by atoms with Crippen LogP contribution in [-0.4, -0.2) is 0 Å². The Morgan fingerprint density at radius 1 is 0.333 bits per heavy atom. The fourth-order valence-electron chi connectivity index (χ4n) is 3.34. The number of hydrogen-bond acceptors (Lipinski definition) is 0. The highest BCUT2D eigenvalue weighted by Crippen LogP contribution is 2.14. The van der Waals surface area contributed by atoms with Gasteiger partial charge in [-0.25, -0.2) is 0 Å². The first-order valence-electron chi connectivity index (χ1n) is 12.1. The van der Waals surface area contributed by atoms with Crippen LogP contribution in [0.4, 0.5) is 0 Å². The fraction of sp³-hybridized carbons (Fsp3) is 0.600. The molecule has 30 heavy (non-hydrogen) atoms. The topological polar surface area (TPSA) is 0 Å². The molecule has 0 aliphatic heterocycles. The van der Waals surface area contributed by atoms with Crippen molar-refractivity contribution in [2.45, 2.75) is 120 Å². The molecule has 0 aliphatic carbocycles. The summed E-state index contributed by atoms with van der Waals surface area (Å²) in [5, 5.41) is 0. The van der Waals surface area contributed by atoms with Gasteiger partial charge in [-0.2, -0.15) is 0 Å². The maximum absolute atomic E-state index is 2.43. The summed E-state index contributed by atoms with van der Waals surface area (Å²) in [6.45, 7) is 17.8. The van der Waals surface area contributed by atoms with Crippen LogP contribution in [0.15, 0.2) is 69.9 Å². The number of allylic oxidation sites excluding steroid dienone is 12. The second kappa shape index (κ2) is 18.2. The zero-order valence-electron chi connectivity index (χ0n) is 21.5. The Balaban J connectivity index is 4.05. The number of unbranched alkanes of at least 4 members (excludes halogenated alkanes) is 1. The molecule has 0 radical (unpaired) electrons. The molecule has 170 valence electrons. The van der Waals surface area contributed by atoms with Crippen molar-refractivity contribution in [3.63, 3.8) is 0 Å². The molecule has 0 amide bonds. The summed E-state index contributed by atoms with van der Waals surface area (Å²) in [4.78, 5) is 0. The van der Waals surface area contributed by atoms with E-state index in [1.165, 1.54) is 97.6 Å². The normalized spacial score (nSPS) is 13.5. The SMILES string of the molecule is CC(C)=CCCC(C)=CCCC(C)=CCC/C=C(\C)CCC=C(C)CCC=C(C)C. The molecule has 0 saturated carbocycles. The first kappa shape index (κ1) is 28.4. The number of rotatable bonds is 15. The molecule has 0 nitrogen and oxygen atoms in total. The lowest BCUT2D eigenvalue weighted by Crippen LogP contribution is -1.82. The van der Waals surface area contributed by atoms with E-state index >= 15 is 0 Å². The van der Waals surface area contributed by atoms with Crippen molar-refractivity contribution in [1.82, 2.24) is 0 Å². The van der Waals surface area contributed by atoms with Gasteiger partial charge < -0.3 is 0 Å². The smallest absolute Gasteiger partial charge is 0.0288 e. The molecule has 0 heterocycles. The quantitative estimate of drug-likeness (QED) is 0.186. The van der Waals surface area contributed by atoms with Gasteiger partial charge in [0.15, 0.2) is 0 Å². The first-order valence-corrected chi connectivity index (χ1v) is 12.1. The van der Waals surface area contributed by atoms with Gasteiger partial charge in [0.1, 0.15) is 0 Å². The number of hydrogen-bond donors (Lipinski definition) is 0. The fourth-order valence-corrected chi connectivity index (χ4v) is 3.34. The summed E-state index contributed by atoms with van der Waals surface area (Å²) >= 11 is 0. The molecule has 0 fully saturated rings. The molecule has 0 atom stereocenters. The van der Waals surface area contributed by atoms with E-state index in [4.69, 9.17) is 0 Å². The zero-order valence-corrected chi connectivity index (χ0v) is 21.5. The van der Waals surface area contributed by atoms with Crippen LogP contribution in [-0.2, 0) is 0 Å². The van der Waals surface area contributed by atoms with E-state index in [0.29, 0.717) is 0 Å². The lowest BCUT2D eigenvalue weighted by Gasteiger charge is -2.02. The Hall–Kier alpha value is -1.56. The molecule has 0 heteroatoms. The first-order chi connectivity index (χ1) is 14.2. The van der Waals surface area contributed by atoms with E-state index in [1.807, 2.05) is 0 Å². The van der Waals surface area contributed by atoms with E-state index in [0.717, 1.165) is 0 Å². The molecule has 0 aromatic heterocycles. The summed E-state index contributed by atoms with van der Waals surface area (Å²) < 4.78 is 0. The minimum atomic E-state index is 1.17. The van der Waals surface area contributed by atoms with Crippen LogP contribution in [0.1, 0.15) is 120 Å². The van der Waals surface area contributed by atoms with Crippen LogP contribution < -0.4 is 0 Å².